The lowest BCUT2D eigenvalue weighted by Crippen LogP contribution is -2.26. The molecule has 0 aliphatic carbocycles. The van der Waals surface area contributed by atoms with Crippen LogP contribution in [0.25, 0.3) is 16.6 Å². The van der Waals surface area contributed by atoms with Crippen molar-refractivity contribution in [3.8, 4) is 11.4 Å². The summed E-state index contributed by atoms with van der Waals surface area (Å²) >= 11 is 1.25. The summed E-state index contributed by atoms with van der Waals surface area (Å²) in [5, 5.41) is 3.40. The monoisotopic (exact) mass is 459 g/mol. The van der Waals surface area contributed by atoms with E-state index in [-0.39, 0.29) is 11.5 Å². The van der Waals surface area contributed by atoms with Crippen LogP contribution >= 0.6 is 11.8 Å². The number of fused-ring (bicyclic) bond motifs is 1. The predicted molar refractivity (Wildman–Crippen MR) is 134 cm³/mol. The minimum absolute atomic E-state index is 0.160. The van der Waals surface area contributed by atoms with Crippen LogP contribution in [0, 0.1) is 13.8 Å². The van der Waals surface area contributed by atoms with Gasteiger partial charge in [-0.2, -0.15) is 0 Å². The fourth-order valence-electron chi connectivity index (χ4n) is 3.65. The molecular weight excluding hydrogens is 434 g/mol. The molecule has 0 bridgehead atoms. The van der Waals surface area contributed by atoms with Crippen molar-refractivity contribution in [1.29, 1.82) is 0 Å². The molecule has 1 N–H and O–H groups in total. The highest BCUT2D eigenvalue weighted by Gasteiger charge is 2.22. The summed E-state index contributed by atoms with van der Waals surface area (Å²) in [6.45, 7) is 5.78. The molecule has 0 fully saturated rings. The van der Waals surface area contributed by atoms with Gasteiger partial charge in [-0.25, -0.2) is 4.98 Å². The lowest BCUT2D eigenvalue weighted by molar-refractivity contribution is -0.115. The summed E-state index contributed by atoms with van der Waals surface area (Å²) in [6, 6.07) is 20.4. The van der Waals surface area contributed by atoms with Crippen LogP contribution in [0.4, 0.5) is 5.69 Å². The Morgan fingerprint density at radius 3 is 2.55 bits per heavy atom. The average Bonchev–Trinajstić information content (AvgIpc) is 2.80. The van der Waals surface area contributed by atoms with Gasteiger partial charge in [-0.15, -0.1) is 0 Å². The SMILES string of the molecule is COc1ccccc1NC(=O)C(C)Sc1nc2ccccc2c(=O)n1-c1ccc(C)cc1C. The number of carbonyl (C=O) groups is 1. The Hall–Kier alpha value is -3.58. The molecule has 0 spiro atoms. The Morgan fingerprint density at radius 2 is 1.79 bits per heavy atom. The Kier molecular flexibility index (Phi) is 6.51. The van der Waals surface area contributed by atoms with Crippen molar-refractivity contribution in [3.63, 3.8) is 0 Å². The van der Waals surface area contributed by atoms with Crippen LogP contribution in [0.2, 0.25) is 0 Å². The minimum Gasteiger partial charge on any atom is -0.495 e. The molecule has 3 aromatic carbocycles. The van der Waals surface area contributed by atoms with Gasteiger partial charge in [-0.3, -0.25) is 14.2 Å². The van der Waals surface area contributed by atoms with E-state index in [1.807, 2.05) is 62.4 Å². The quantitative estimate of drug-likeness (QED) is 0.320. The van der Waals surface area contributed by atoms with Crippen molar-refractivity contribution >= 4 is 34.3 Å². The molecule has 0 saturated carbocycles. The molecular formula is C26H25N3O3S. The number of methoxy groups -OCH3 is 1. The summed E-state index contributed by atoms with van der Waals surface area (Å²) in [5.74, 6) is 0.373. The van der Waals surface area contributed by atoms with Crippen molar-refractivity contribution in [2.75, 3.05) is 12.4 Å². The number of para-hydroxylation sites is 3. The number of nitrogens with zero attached hydrogens (tertiary/aromatic N) is 2. The lowest BCUT2D eigenvalue weighted by atomic mass is 10.1. The van der Waals surface area contributed by atoms with Gasteiger partial charge >= 0.3 is 0 Å². The third-order valence-corrected chi connectivity index (χ3v) is 6.41. The molecule has 1 unspecified atom stereocenters. The number of rotatable bonds is 6. The van der Waals surface area contributed by atoms with E-state index in [2.05, 4.69) is 5.32 Å². The van der Waals surface area contributed by atoms with Gasteiger partial charge in [-0.05, 0) is 56.7 Å². The molecule has 1 heterocycles. The second kappa shape index (κ2) is 9.50. The summed E-state index contributed by atoms with van der Waals surface area (Å²) in [4.78, 5) is 31.3. The summed E-state index contributed by atoms with van der Waals surface area (Å²) < 4.78 is 6.93. The summed E-state index contributed by atoms with van der Waals surface area (Å²) in [6.07, 6.45) is 0. The number of nitrogens with one attached hydrogen (secondary N) is 1. The molecule has 7 heteroatoms. The number of aryl methyl sites for hydroxylation is 2. The number of benzene rings is 3. The van der Waals surface area contributed by atoms with Gasteiger partial charge in [0.1, 0.15) is 5.75 Å². The van der Waals surface area contributed by atoms with Gasteiger partial charge in [0.2, 0.25) is 5.91 Å². The zero-order chi connectivity index (χ0) is 23.5. The lowest BCUT2D eigenvalue weighted by Gasteiger charge is -2.18. The topological polar surface area (TPSA) is 73.2 Å². The first kappa shape index (κ1) is 22.6. The normalized spacial score (nSPS) is 11.9. The van der Waals surface area contributed by atoms with Crippen molar-refractivity contribution in [2.24, 2.45) is 0 Å². The van der Waals surface area contributed by atoms with Gasteiger partial charge in [0, 0.05) is 0 Å². The molecule has 0 saturated heterocycles. The first-order chi connectivity index (χ1) is 15.9. The van der Waals surface area contributed by atoms with E-state index in [1.54, 1.807) is 36.8 Å². The smallest absolute Gasteiger partial charge is 0.266 e. The zero-order valence-electron chi connectivity index (χ0n) is 19.0. The molecule has 0 aliphatic rings. The maximum absolute atomic E-state index is 13.5. The summed E-state index contributed by atoms with van der Waals surface area (Å²) in [7, 11) is 1.56. The average molecular weight is 460 g/mol. The van der Waals surface area contributed by atoms with Crippen LogP contribution in [-0.4, -0.2) is 27.8 Å². The van der Waals surface area contributed by atoms with Crippen LogP contribution in [0.3, 0.4) is 0 Å². The molecule has 1 amide bonds. The highest BCUT2D eigenvalue weighted by molar-refractivity contribution is 8.00. The van der Waals surface area contributed by atoms with Crippen LogP contribution in [0.15, 0.2) is 76.7 Å². The second-order valence-electron chi connectivity index (χ2n) is 7.79. The van der Waals surface area contributed by atoms with Crippen molar-refractivity contribution in [3.05, 3.63) is 88.2 Å². The fraction of sp³-hybridized carbons (Fsp3) is 0.192. The molecule has 4 rings (SSSR count). The van der Waals surface area contributed by atoms with E-state index in [1.165, 1.54) is 11.8 Å². The van der Waals surface area contributed by atoms with Gasteiger partial charge in [-0.1, -0.05) is 53.7 Å². The standard InChI is InChI=1S/C26H25N3O3S/c1-16-13-14-22(17(2)15-16)29-25(31)19-9-5-6-10-20(19)28-26(29)33-18(3)24(30)27-21-11-7-8-12-23(21)32-4/h5-15,18H,1-4H3,(H,27,30). The molecule has 4 aromatic rings. The number of amides is 1. The molecule has 1 aromatic heterocycles. The number of hydrogen-bond donors (Lipinski definition) is 1. The zero-order valence-corrected chi connectivity index (χ0v) is 19.8. The number of hydrogen-bond acceptors (Lipinski definition) is 5. The molecule has 168 valence electrons. The molecule has 33 heavy (non-hydrogen) atoms. The Labute approximate surface area is 196 Å². The number of anilines is 1. The maximum Gasteiger partial charge on any atom is 0.266 e. The van der Waals surface area contributed by atoms with Crippen molar-refractivity contribution < 1.29 is 9.53 Å². The van der Waals surface area contributed by atoms with Crippen molar-refractivity contribution in [1.82, 2.24) is 9.55 Å². The Morgan fingerprint density at radius 1 is 1.06 bits per heavy atom. The molecule has 0 aliphatic heterocycles. The van der Waals surface area contributed by atoms with Crippen molar-refractivity contribution in [2.45, 2.75) is 31.2 Å². The molecule has 0 radical (unpaired) electrons. The van der Waals surface area contributed by atoms with Crippen LogP contribution in [0.1, 0.15) is 18.1 Å². The summed E-state index contributed by atoms with van der Waals surface area (Å²) in [5.41, 5.74) is 3.86. The first-order valence-electron chi connectivity index (χ1n) is 10.6. The van der Waals surface area contributed by atoms with E-state index in [0.717, 1.165) is 16.8 Å². The van der Waals surface area contributed by atoms with E-state index in [9.17, 15) is 9.59 Å². The highest BCUT2D eigenvalue weighted by Crippen LogP contribution is 2.29. The largest absolute Gasteiger partial charge is 0.495 e. The fourth-order valence-corrected chi connectivity index (χ4v) is 4.57. The van der Waals surface area contributed by atoms with Gasteiger partial charge in [0.05, 0.1) is 34.6 Å². The Bertz CT molecular complexity index is 1400. The van der Waals surface area contributed by atoms with Gasteiger partial charge < -0.3 is 10.1 Å². The van der Waals surface area contributed by atoms with E-state index in [4.69, 9.17) is 9.72 Å². The number of carbonyl (C=O) groups excluding carboxylic acids is 1. The maximum atomic E-state index is 13.5. The molecule has 1 atom stereocenters. The third kappa shape index (κ3) is 4.64. The number of thioether (sulfide) groups is 1. The second-order valence-corrected chi connectivity index (χ2v) is 9.10. The minimum atomic E-state index is -0.514. The predicted octanol–water partition coefficient (Wildman–Crippen LogP) is 5.13. The highest BCUT2D eigenvalue weighted by atomic mass is 32.2. The number of aromatic nitrogens is 2. The van der Waals surface area contributed by atoms with E-state index in [0.29, 0.717) is 27.5 Å². The van der Waals surface area contributed by atoms with Gasteiger partial charge in [0.25, 0.3) is 5.56 Å². The number of ether oxygens (including phenoxy) is 1. The van der Waals surface area contributed by atoms with E-state index < -0.39 is 5.25 Å². The van der Waals surface area contributed by atoms with E-state index >= 15 is 0 Å². The van der Waals surface area contributed by atoms with Crippen LogP contribution in [0.5, 0.6) is 5.75 Å². The third-order valence-electron chi connectivity index (χ3n) is 5.35. The van der Waals surface area contributed by atoms with Crippen LogP contribution < -0.4 is 15.6 Å². The molecule has 6 nitrogen and oxygen atoms in total. The van der Waals surface area contributed by atoms with Gasteiger partial charge in [0.15, 0.2) is 5.16 Å². The van der Waals surface area contributed by atoms with Crippen LogP contribution in [-0.2, 0) is 4.79 Å². The Balaban J connectivity index is 1.75. The first-order valence-corrected chi connectivity index (χ1v) is 11.5.